The van der Waals surface area contributed by atoms with Crippen LogP contribution in [0.25, 0.3) is 0 Å². The highest BCUT2D eigenvalue weighted by atomic mass is 127. The van der Waals surface area contributed by atoms with Gasteiger partial charge >= 0.3 is 0 Å². The van der Waals surface area contributed by atoms with Crippen molar-refractivity contribution in [3.8, 4) is 0 Å². The van der Waals surface area contributed by atoms with Gasteiger partial charge in [-0.2, -0.15) is 0 Å². The van der Waals surface area contributed by atoms with Gasteiger partial charge in [0.15, 0.2) is 0 Å². The predicted octanol–water partition coefficient (Wildman–Crippen LogP) is 2.94. The number of halogens is 2. The molecule has 3 heteroatoms. The molecule has 0 heterocycles. The zero-order valence-electron chi connectivity index (χ0n) is 15.6. The van der Waals surface area contributed by atoms with Crippen LogP contribution in [-0.4, -0.2) is 11.5 Å². The summed E-state index contributed by atoms with van der Waals surface area (Å²) in [7, 11) is -1.61. The molecule has 3 aromatic carbocycles. The topological polar surface area (TPSA) is 0 Å². The Bertz CT molecular complexity index is 665. The molecule has 0 spiro atoms. The summed E-state index contributed by atoms with van der Waals surface area (Å²) in [6, 6.07) is 33.6. The molecule has 3 aromatic rings. The van der Waals surface area contributed by atoms with Crippen LogP contribution in [0.2, 0.25) is 0 Å². The first kappa shape index (κ1) is 22.6. The molecular formula is C24H27BrIP. The summed E-state index contributed by atoms with van der Waals surface area (Å²) in [6.07, 6.45) is 6.41. The molecule has 0 aromatic heterocycles. The summed E-state index contributed by atoms with van der Waals surface area (Å²) < 4.78 is 0. The van der Waals surface area contributed by atoms with E-state index in [1.54, 1.807) is 0 Å². The second-order valence-corrected chi connectivity index (χ2v) is 11.1. The Labute approximate surface area is 190 Å². The van der Waals surface area contributed by atoms with Gasteiger partial charge in [0, 0.05) is 5.33 Å². The van der Waals surface area contributed by atoms with Crippen LogP contribution in [0, 0.1) is 0 Å². The highest BCUT2D eigenvalue weighted by Gasteiger charge is 2.44. The van der Waals surface area contributed by atoms with Crippen LogP contribution in [0.15, 0.2) is 91.0 Å². The standard InChI is InChI=1S/C24H27BrP.HI/c25-20-12-1-2-13-21-26(22-14-6-3-7-15-22,23-16-8-4-9-17-23)24-18-10-5-11-19-24;/h3-11,14-19H,1-2,12-13,20-21H2;1H/q+1;/p-1. The average molecular weight is 553 g/mol. The lowest BCUT2D eigenvalue weighted by molar-refractivity contribution is -0.00000502. The van der Waals surface area contributed by atoms with Gasteiger partial charge < -0.3 is 24.0 Å². The van der Waals surface area contributed by atoms with Crippen molar-refractivity contribution in [3.05, 3.63) is 91.0 Å². The number of unbranched alkanes of at least 4 members (excludes halogenated alkanes) is 3. The molecule has 27 heavy (non-hydrogen) atoms. The van der Waals surface area contributed by atoms with E-state index >= 15 is 0 Å². The maximum absolute atomic E-state index is 3.56. The van der Waals surface area contributed by atoms with Gasteiger partial charge in [-0.3, -0.25) is 0 Å². The van der Waals surface area contributed by atoms with Crippen molar-refractivity contribution in [2.75, 3.05) is 11.5 Å². The fourth-order valence-electron chi connectivity index (χ4n) is 3.68. The minimum Gasteiger partial charge on any atom is -1.00 e. The fraction of sp³-hybridized carbons (Fsp3) is 0.250. The Morgan fingerprint density at radius 1 is 0.519 bits per heavy atom. The molecular weight excluding hydrogens is 526 g/mol. The molecule has 0 nitrogen and oxygen atoms in total. The Hall–Kier alpha value is -0.700. The Kier molecular flexibility index (Phi) is 10.0. The lowest BCUT2D eigenvalue weighted by Gasteiger charge is -2.27. The van der Waals surface area contributed by atoms with Gasteiger partial charge in [0.2, 0.25) is 0 Å². The van der Waals surface area contributed by atoms with E-state index in [1.165, 1.54) is 47.8 Å². The summed E-state index contributed by atoms with van der Waals surface area (Å²) in [4.78, 5) is 0. The van der Waals surface area contributed by atoms with Gasteiger partial charge in [-0.25, -0.2) is 0 Å². The van der Waals surface area contributed by atoms with Gasteiger partial charge in [-0.05, 0) is 55.7 Å². The third-order valence-electron chi connectivity index (χ3n) is 4.97. The van der Waals surface area contributed by atoms with Crippen LogP contribution in [0.1, 0.15) is 25.7 Å². The monoisotopic (exact) mass is 552 g/mol. The maximum Gasteiger partial charge on any atom is 0.112 e. The van der Waals surface area contributed by atoms with Crippen LogP contribution >= 0.6 is 23.2 Å². The lowest BCUT2D eigenvalue weighted by atomic mass is 10.2. The molecule has 0 aliphatic carbocycles. The Morgan fingerprint density at radius 2 is 0.889 bits per heavy atom. The summed E-state index contributed by atoms with van der Waals surface area (Å²) in [5.41, 5.74) is 0. The van der Waals surface area contributed by atoms with Crippen molar-refractivity contribution in [2.24, 2.45) is 0 Å². The van der Waals surface area contributed by atoms with Crippen molar-refractivity contribution >= 4 is 39.1 Å². The highest BCUT2D eigenvalue weighted by molar-refractivity contribution is 9.09. The first-order valence-electron chi connectivity index (χ1n) is 9.49. The largest absolute Gasteiger partial charge is 1.00 e. The van der Waals surface area contributed by atoms with Crippen molar-refractivity contribution in [1.29, 1.82) is 0 Å². The van der Waals surface area contributed by atoms with E-state index in [-0.39, 0.29) is 24.0 Å². The first-order chi connectivity index (χ1) is 12.9. The summed E-state index contributed by atoms with van der Waals surface area (Å²) in [5.74, 6) is 0. The van der Waals surface area contributed by atoms with Crippen LogP contribution < -0.4 is 39.9 Å². The van der Waals surface area contributed by atoms with Gasteiger partial charge in [-0.1, -0.05) is 76.9 Å². The Balaban J connectivity index is 0.00000261. The third-order valence-corrected chi connectivity index (χ3v) is 10.1. The minimum atomic E-state index is -1.61. The molecule has 0 saturated heterocycles. The molecule has 0 bridgehead atoms. The molecule has 0 amide bonds. The van der Waals surface area contributed by atoms with E-state index in [0.717, 1.165) is 5.33 Å². The summed E-state index contributed by atoms with van der Waals surface area (Å²) >= 11 is 3.56. The fourth-order valence-corrected chi connectivity index (χ4v) is 8.49. The zero-order valence-corrected chi connectivity index (χ0v) is 20.2. The van der Waals surface area contributed by atoms with Crippen LogP contribution in [0.4, 0.5) is 0 Å². The average Bonchev–Trinajstić information content (AvgIpc) is 2.73. The Morgan fingerprint density at radius 3 is 1.26 bits per heavy atom. The zero-order chi connectivity index (χ0) is 18.1. The molecule has 0 atom stereocenters. The smallest absolute Gasteiger partial charge is 0.112 e. The molecule has 0 fully saturated rings. The van der Waals surface area contributed by atoms with Crippen LogP contribution in [-0.2, 0) is 0 Å². The number of benzene rings is 3. The van der Waals surface area contributed by atoms with Crippen molar-refractivity contribution < 1.29 is 24.0 Å². The van der Waals surface area contributed by atoms with Gasteiger partial charge in [0.05, 0.1) is 6.16 Å². The molecule has 0 radical (unpaired) electrons. The maximum atomic E-state index is 3.56. The second-order valence-electron chi connectivity index (χ2n) is 6.64. The van der Waals surface area contributed by atoms with Crippen molar-refractivity contribution in [2.45, 2.75) is 25.7 Å². The normalized spacial score (nSPS) is 11.0. The number of alkyl halides is 1. The van der Waals surface area contributed by atoms with E-state index < -0.39 is 7.26 Å². The van der Waals surface area contributed by atoms with Crippen LogP contribution in [0.3, 0.4) is 0 Å². The van der Waals surface area contributed by atoms with E-state index in [1.807, 2.05) is 0 Å². The second kappa shape index (κ2) is 12.0. The van der Waals surface area contributed by atoms with Gasteiger partial charge in [0.25, 0.3) is 0 Å². The molecule has 0 saturated carbocycles. The quantitative estimate of drug-likeness (QED) is 0.166. The predicted molar refractivity (Wildman–Crippen MR) is 122 cm³/mol. The molecule has 0 unspecified atom stereocenters. The number of hydrogen-bond acceptors (Lipinski definition) is 0. The van der Waals surface area contributed by atoms with E-state index in [9.17, 15) is 0 Å². The van der Waals surface area contributed by atoms with Crippen molar-refractivity contribution in [3.63, 3.8) is 0 Å². The summed E-state index contributed by atoms with van der Waals surface area (Å²) in [5, 5.41) is 5.61. The number of rotatable bonds is 9. The molecule has 3 rings (SSSR count). The van der Waals surface area contributed by atoms with Crippen LogP contribution in [0.5, 0.6) is 0 Å². The molecule has 0 N–H and O–H groups in total. The lowest BCUT2D eigenvalue weighted by Crippen LogP contribution is -3.00. The molecule has 0 aliphatic rings. The van der Waals surface area contributed by atoms with Crippen molar-refractivity contribution in [1.82, 2.24) is 0 Å². The van der Waals surface area contributed by atoms with Gasteiger partial charge in [-0.15, -0.1) is 0 Å². The number of hydrogen-bond donors (Lipinski definition) is 0. The van der Waals surface area contributed by atoms with E-state index in [2.05, 4.69) is 107 Å². The highest BCUT2D eigenvalue weighted by Crippen LogP contribution is 2.55. The van der Waals surface area contributed by atoms with E-state index in [0.29, 0.717) is 0 Å². The third kappa shape index (κ3) is 5.65. The first-order valence-corrected chi connectivity index (χ1v) is 12.6. The molecule has 0 aliphatic heterocycles. The minimum absolute atomic E-state index is 0. The van der Waals surface area contributed by atoms with E-state index in [4.69, 9.17) is 0 Å². The summed E-state index contributed by atoms with van der Waals surface area (Å²) in [6.45, 7) is 0. The van der Waals surface area contributed by atoms with Gasteiger partial charge in [0.1, 0.15) is 23.2 Å². The molecule has 142 valence electrons. The SMILES string of the molecule is BrCCCCCC[P+](c1ccccc1)(c1ccccc1)c1ccccc1.[I-].